The molecule has 0 spiro atoms. The largest absolute Gasteiger partial charge is 0.295 e. The summed E-state index contributed by atoms with van der Waals surface area (Å²) in [6, 6.07) is 16.0. The van der Waals surface area contributed by atoms with Gasteiger partial charge >= 0.3 is 0 Å². The van der Waals surface area contributed by atoms with E-state index < -0.39 is 10.0 Å². The number of Topliss-reactive ketones (excluding diaryl/α,β-unsaturated/α-hetero) is 1. The Labute approximate surface area is 155 Å². The number of hydrogen-bond donors (Lipinski definition) is 1. The Morgan fingerprint density at radius 3 is 2.50 bits per heavy atom. The third kappa shape index (κ3) is 6.12. The van der Waals surface area contributed by atoms with Gasteiger partial charge in [-0.15, -0.1) is 0 Å². The standard InChI is InChI=1S/C20H22N2O3S/c1-17(23)19-11-8-12-20(15-19)26(24,25)21-13-6-7-14-22(2)16-18-9-4-3-5-10-18/h3-5,8-12,15,21H,13-14,16H2,1-2H3. The Morgan fingerprint density at radius 2 is 1.81 bits per heavy atom. The summed E-state index contributed by atoms with van der Waals surface area (Å²) >= 11 is 0. The van der Waals surface area contributed by atoms with Crippen molar-refractivity contribution < 1.29 is 13.2 Å². The molecule has 0 bridgehead atoms. The average molecular weight is 370 g/mol. The third-order valence-electron chi connectivity index (χ3n) is 3.67. The molecular weight excluding hydrogens is 348 g/mol. The van der Waals surface area contributed by atoms with E-state index in [-0.39, 0.29) is 17.2 Å². The zero-order valence-corrected chi connectivity index (χ0v) is 15.7. The SMILES string of the molecule is CC(=O)c1cccc(S(=O)(=O)NCC#CCN(C)Cc2ccccc2)c1. The molecule has 0 aromatic heterocycles. The summed E-state index contributed by atoms with van der Waals surface area (Å²) in [5, 5.41) is 0. The van der Waals surface area contributed by atoms with Crippen molar-refractivity contribution in [2.45, 2.75) is 18.4 Å². The first kappa shape index (κ1) is 19.9. The van der Waals surface area contributed by atoms with E-state index >= 15 is 0 Å². The first-order valence-electron chi connectivity index (χ1n) is 8.17. The van der Waals surface area contributed by atoms with Gasteiger partial charge in [0.1, 0.15) is 0 Å². The fourth-order valence-electron chi connectivity index (χ4n) is 2.30. The Bertz CT molecular complexity index is 913. The van der Waals surface area contributed by atoms with Crippen LogP contribution in [0, 0.1) is 11.8 Å². The minimum absolute atomic E-state index is 0.0197. The molecule has 136 valence electrons. The van der Waals surface area contributed by atoms with Gasteiger partial charge in [-0.2, -0.15) is 4.72 Å². The van der Waals surface area contributed by atoms with Gasteiger partial charge in [0.05, 0.1) is 18.0 Å². The second-order valence-electron chi connectivity index (χ2n) is 5.92. The molecule has 2 aromatic carbocycles. The van der Waals surface area contributed by atoms with Gasteiger partial charge in [-0.25, -0.2) is 8.42 Å². The first-order valence-corrected chi connectivity index (χ1v) is 9.65. The van der Waals surface area contributed by atoms with Crippen LogP contribution < -0.4 is 4.72 Å². The van der Waals surface area contributed by atoms with Crippen molar-refractivity contribution in [1.82, 2.24) is 9.62 Å². The predicted octanol–water partition coefficient (Wildman–Crippen LogP) is 2.30. The molecule has 0 fully saturated rings. The third-order valence-corrected chi connectivity index (χ3v) is 5.07. The summed E-state index contributed by atoms with van der Waals surface area (Å²) in [6.45, 7) is 2.73. The summed E-state index contributed by atoms with van der Waals surface area (Å²) < 4.78 is 26.9. The molecule has 0 amide bonds. The summed E-state index contributed by atoms with van der Waals surface area (Å²) in [4.78, 5) is 13.5. The summed E-state index contributed by atoms with van der Waals surface area (Å²) in [7, 11) is -1.73. The summed E-state index contributed by atoms with van der Waals surface area (Å²) in [5.41, 5.74) is 1.56. The van der Waals surface area contributed by atoms with Gasteiger partial charge in [-0.1, -0.05) is 54.3 Å². The molecule has 0 saturated carbocycles. The van der Waals surface area contributed by atoms with Crippen LogP contribution in [0.4, 0.5) is 0 Å². The van der Waals surface area contributed by atoms with Gasteiger partial charge < -0.3 is 0 Å². The van der Waals surface area contributed by atoms with Gasteiger partial charge in [0, 0.05) is 12.1 Å². The molecule has 26 heavy (non-hydrogen) atoms. The van der Waals surface area contributed by atoms with Crippen LogP contribution in [0.15, 0.2) is 59.5 Å². The maximum absolute atomic E-state index is 12.2. The van der Waals surface area contributed by atoms with Crippen molar-refractivity contribution in [2.75, 3.05) is 20.1 Å². The minimum atomic E-state index is -3.68. The second-order valence-corrected chi connectivity index (χ2v) is 7.69. The van der Waals surface area contributed by atoms with E-state index in [4.69, 9.17) is 0 Å². The van der Waals surface area contributed by atoms with Crippen molar-refractivity contribution in [3.63, 3.8) is 0 Å². The predicted molar refractivity (Wildman–Crippen MR) is 102 cm³/mol. The lowest BCUT2D eigenvalue weighted by atomic mass is 10.2. The highest BCUT2D eigenvalue weighted by molar-refractivity contribution is 7.89. The number of carbonyl (C=O) groups is 1. The molecule has 0 radical (unpaired) electrons. The van der Waals surface area contributed by atoms with Crippen LogP contribution in [0.5, 0.6) is 0 Å². The Balaban J connectivity index is 1.86. The normalized spacial score (nSPS) is 11.0. The monoisotopic (exact) mass is 370 g/mol. The quantitative estimate of drug-likeness (QED) is 0.600. The molecule has 1 N–H and O–H groups in total. The van der Waals surface area contributed by atoms with Crippen molar-refractivity contribution >= 4 is 15.8 Å². The van der Waals surface area contributed by atoms with Gasteiger partial charge in [-0.3, -0.25) is 9.69 Å². The van der Waals surface area contributed by atoms with E-state index in [0.29, 0.717) is 12.1 Å². The lowest BCUT2D eigenvalue weighted by Crippen LogP contribution is -2.24. The lowest BCUT2D eigenvalue weighted by Gasteiger charge is -2.12. The van der Waals surface area contributed by atoms with Gasteiger partial charge in [0.15, 0.2) is 5.78 Å². The molecule has 2 rings (SSSR count). The fourth-order valence-corrected chi connectivity index (χ4v) is 3.27. The van der Waals surface area contributed by atoms with Crippen LogP contribution in [0.2, 0.25) is 0 Å². The number of carbonyl (C=O) groups excluding carboxylic acids is 1. The summed E-state index contributed by atoms with van der Waals surface area (Å²) in [5.74, 6) is 5.59. The zero-order chi connectivity index (χ0) is 19.0. The molecule has 0 aliphatic heterocycles. The van der Waals surface area contributed by atoms with Crippen LogP contribution in [0.3, 0.4) is 0 Å². The van der Waals surface area contributed by atoms with E-state index in [1.807, 2.05) is 42.3 Å². The van der Waals surface area contributed by atoms with Gasteiger partial charge in [-0.05, 0) is 31.7 Å². The van der Waals surface area contributed by atoms with Crippen LogP contribution >= 0.6 is 0 Å². The number of nitrogens with zero attached hydrogens (tertiary/aromatic N) is 1. The molecular formula is C20H22N2O3S. The van der Waals surface area contributed by atoms with E-state index in [2.05, 4.69) is 16.6 Å². The topological polar surface area (TPSA) is 66.5 Å². The number of sulfonamides is 1. The highest BCUT2D eigenvalue weighted by atomic mass is 32.2. The number of nitrogens with one attached hydrogen (secondary N) is 1. The zero-order valence-electron chi connectivity index (χ0n) is 14.9. The number of hydrogen-bond acceptors (Lipinski definition) is 4. The first-order chi connectivity index (χ1) is 12.4. The van der Waals surface area contributed by atoms with Crippen molar-refractivity contribution in [3.8, 4) is 11.8 Å². The maximum atomic E-state index is 12.2. The van der Waals surface area contributed by atoms with Gasteiger partial charge in [0.2, 0.25) is 10.0 Å². The molecule has 0 aliphatic rings. The van der Waals surface area contributed by atoms with Crippen molar-refractivity contribution in [1.29, 1.82) is 0 Å². The van der Waals surface area contributed by atoms with Crippen LogP contribution in [-0.2, 0) is 16.6 Å². The van der Waals surface area contributed by atoms with Crippen molar-refractivity contribution in [3.05, 3.63) is 65.7 Å². The van der Waals surface area contributed by atoms with E-state index in [0.717, 1.165) is 6.54 Å². The summed E-state index contributed by atoms with van der Waals surface area (Å²) in [6.07, 6.45) is 0. The van der Waals surface area contributed by atoms with E-state index in [1.54, 1.807) is 12.1 Å². The Hall–Kier alpha value is -2.46. The Kier molecular flexibility index (Phi) is 7.10. The maximum Gasteiger partial charge on any atom is 0.241 e. The smallest absolute Gasteiger partial charge is 0.241 e. The molecule has 0 atom stereocenters. The average Bonchev–Trinajstić information content (AvgIpc) is 2.62. The van der Waals surface area contributed by atoms with E-state index in [9.17, 15) is 13.2 Å². The molecule has 0 saturated heterocycles. The second kappa shape index (κ2) is 9.30. The van der Waals surface area contributed by atoms with Crippen LogP contribution in [-0.4, -0.2) is 39.2 Å². The molecule has 5 nitrogen and oxygen atoms in total. The highest BCUT2D eigenvalue weighted by Gasteiger charge is 2.14. The lowest BCUT2D eigenvalue weighted by molar-refractivity contribution is 0.101. The van der Waals surface area contributed by atoms with E-state index in [1.165, 1.54) is 24.6 Å². The Morgan fingerprint density at radius 1 is 1.08 bits per heavy atom. The molecule has 6 heteroatoms. The molecule has 2 aromatic rings. The number of rotatable bonds is 7. The number of benzene rings is 2. The van der Waals surface area contributed by atoms with Crippen molar-refractivity contribution in [2.24, 2.45) is 0 Å². The molecule has 0 heterocycles. The minimum Gasteiger partial charge on any atom is -0.295 e. The molecule has 0 unspecified atom stereocenters. The van der Waals surface area contributed by atoms with Gasteiger partial charge in [0.25, 0.3) is 0 Å². The van der Waals surface area contributed by atoms with Crippen LogP contribution in [0.1, 0.15) is 22.8 Å². The number of ketones is 1. The highest BCUT2D eigenvalue weighted by Crippen LogP contribution is 2.11. The fraction of sp³-hybridized carbons (Fsp3) is 0.250. The molecule has 0 aliphatic carbocycles. The van der Waals surface area contributed by atoms with Crippen LogP contribution in [0.25, 0.3) is 0 Å².